The van der Waals surface area contributed by atoms with Crippen molar-refractivity contribution in [1.82, 2.24) is 4.98 Å². The number of thioether (sulfide) groups is 1. The van der Waals surface area contributed by atoms with E-state index in [4.69, 9.17) is 5.11 Å². The van der Waals surface area contributed by atoms with Crippen molar-refractivity contribution < 1.29 is 9.90 Å². The molecule has 122 valence electrons. The molecule has 1 heterocycles. The lowest BCUT2D eigenvalue weighted by molar-refractivity contribution is -0.133. The number of hydrogen-bond donors (Lipinski definition) is 1. The summed E-state index contributed by atoms with van der Waals surface area (Å²) in [5.41, 5.74) is 4.46. The molecule has 1 N–H and O–H groups in total. The summed E-state index contributed by atoms with van der Waals surface area (Å²) in [7, 11) is 0. The molecular weight excluding hydrogens is 338 g/mol. The third-order valence-electron chi connectivity index (χ3n) is 3.68. The molecular formula is C19H17NO2S2. The highest BCUT2D eigenvalue weighted by Crippen LogP contribution is 2.35. The maximum absolute atomic E-state index is 11.0. The first kappa shape index (κ1) is 16.7. The van der Waals surface area contributed by atoms with E-state index in [-0.39, 0.29) is 5.75 Å². The second-order valence-electron chi connectivity index (χ2n) is 5.52. The van der Waals surface area contributed by atoms with E-state index < -0.39 is 5.97 Å². The highest BCUT2D eigenvalue weighted by Gasteiger charge is 2.12. The number of aromatic nitrogens is 1. The highest BCUT2D eigenvalue weighted by molar-refractivity contribution is 8.09. The number of nitrogens with zero attached hydrogens (tertiary/aromatic N) is 1. The van der Waals surface area contributed by atoms with Crippen molar-refractivity contribution in [2.75, 3.05) is 5.75 Å². The van der Waals surface area contributed by atoms with Gasteiger partial charge >= 0.3 is 5.97 Å². The number of para-hydroxylation sites is 1. The third kappa shape index (κ3) is 3.86. The molecule has 2 aromatic carbocycles. The van der Waals surface area contributed by atoms with E-state index >= 15 is 0 Å². The number of carbonyl (C=O) groups is 1. The Kier molecular flexibility index (Phi) is 5.02. The van der Waals surface area contributed by atoms with Crippen LogP contribution in [0.3, 0.4) is 0 Å². The number of aryl methyl sites for hydroxylation is 2. The van der Waals surface area contributed by atoms with Crippen LogP contribution in [0.2, 0.25) is 0 Å². The SMILES string of the molecule is Cc1ccc(/C=C(\SCC(=O)O)c2nc3ccccc3s2)cc1C. The van der Waals surface area contributed by atoms with Crippen LogP contribution in [0.5, 0.6) is 0 Å². The Labute approximate surface area is 149 Å². The predicted molar refractivity (Wildman–Crippen MR) is 104 cm³/mol. The number of fused-ring (bicyclic) bond motifs is 1. The van der Waals surface area contributed by atoms with Crippen LogP contribution in [0.15, 0.2) is 42.5 Å². The molecule has 1 aromatic heterocycles. The monoisotopic (exact) mass is 355 g/mol. The fourth-order valence-electron chi connectivity index (χ4n) is 2.29. The largest absolute Gasteiger partial charge is 0.481 e. The highest BCUT2D eigenvalue weighted by atomic mass is 32.2. The molecule has 0 aliphatic rings. The molecule has 0 saturated carbocycles. The van der Waals surface area contributed by atoms with Crippen molar-refractivity contribution in [3.63, 3.8) is 0 Å². The Morgan fingerprint density at radius 3 is 2.71 bits per heavy atom. The standard InChI is InChI=1S/C19H17NO2S2/c1-12-7-8-14(9-13(12)2)10-17(23-11-18(21)22)19-20-15-5-3-4-6-16(15)24-19/h3-10H,11H2,1-2H3,(H,21,22)/b17-10-. The van der Waals surface area contributed by atoms with Gasteiger partial charge in [0.25, 0.3) is 0 Å². The minimum absolute atomic E-state index is 0.0204. The Bertz CT molecular complexity index is 895. The maximum atomic E-state index is 11.0. The lowest BCUT2D eigenvalue weighted by Crippen LogP contribution is -1.98. The molecule has 3 rings (SSSR count). The Morgan fingerprint density at radius 2 is 2.00 bits per heavy atom. The summed E-state index contributed by atoms with van der Waals surface area (Å²) in [6, 6.07) is 14.2. The smallest absolute Gasteiger partial charge is 0.313 e. The van der Waals surface area contributed by atoms with Gasteiger partial charge < -0.3 is 5.11 Å². The van der Waals surface area contributed by atoms with Gasteiger partial charge in [-0.25, -0.2) is 4.98 Å². The zero-order valence-electron chi connectivity index (χ0n) is 13.4. The van der Waals surface area contributed by atoms with Gasteiger partial charge in [-0.1, -0.05) is 30.3 Å². The minimum Gasteiger partial charge on any atom is -0.481 e. The van der Waals surface area contributed by atoms with Crippen molar-refractivity contribution in [2.24, 2.45) is 0 Å². The molecule has 0 spiro atoms. The van der Waals surface area contributed by atoms with Crippen molar-refractivity contribution in [3.05, 3.63) is 64.2 Å². The van der Waals surface area contributed by atoms with Crippen LogP contribution in [-0.4, -0.2) is 21.8 Å². The Hall–Kier alpha value is -2.11. The summed E-state index contributed by atoms with van der Waals surface area (Å²) < 4.78 is 1.11. The van der Waals surface area contributed by atoms with E-state index in [0.29, 0.717) is 0 Å². The molecule has 0 radical (unpaired) electrons. The number of rotatable bonds is 5. The molecule has 0 saturated heterocycles. The van der Waals surface area contributed by atoms with Crippen LogP contribution in [0.25, 0.3) is 21.2 Å². The van der Waals surface area contributed by atoms with Gasteiger partial charge in [-0.05, 0) is 48.7 Å². The number of carboxylic acid groups (broad SMARTS) is 1. The van der Waals surface area contributed by atoms with Crippen molar-refractivity contribution in [3.8, 4) is 0 Å². The van der Waals surface area contributed by atoms with Crippen LogP contribution >= 0.6 is 23.1 Å². The Morgan fingerprint density at radius 1 is 1.21 bits per heavy atom. The number of thiazole rings is 1. The summed E-state index contributed by atoms with van der Waals surface area (Å²) >= 11 is 2.90. The molecule has 24 heavy (non-hydrogen) atoms. The summed E-state index contributed by atoms with van der Waals surface area (Å²) in [5, 5.41) is 9.89. The minimum atomic E-state index is -0.827. The van der Waals surface area contributed by atoms with E-state index in [9.17, 15) is 4.79 Å². The van der Waals surface area contributed by atoms with Gasteiger partial charge in [0.05, 0.1) is 16.0 Å². The van der Waals surface area contributed by atoms with E-state index in [0.717, 1.165) is 25.7 Å². The average Bonchev–Trinajstić information content (AvgIpc) is 2.98. The number of carboxylic acids is 1. The summed E-state index contributed by atoms with van der Waals surface area (Å²) in [5.74, 6) is -0.806. The van der Waals surface area contributed by atoms with Crippen molar-refractivity contribution in [2.45, 2.75) is 13.8 Å². The molecule has 0 atom stereocenters. The summed E-state index contributed by atoms with van der Waals surface area (Å²) in [6.45, 7) is 4.16. The molecule has 0 fully saturated rings. The molecule has 0 aliphatic carbocycles. The fourth-order valence-corrected chi connectivity index (χ4v) is 4.13. The lowest BCUT2D eigenvalue weighted by atomic mass is 10.1. The van der Waals surface area contributed by atoms with E-state index in [1.165, 1.54) is 22.9 Å². The van der Waals surface area contributed by atoms with Crippen LogP contribution in [0, 0.1) is 13.8 Å². The van der Waals surface area contributed by atoms with Gasteiger partial charge in [0.2, 0.25) is 0 Å². The maximum Gasteiger partial charge on any atom is 0.313 e. The molecule has 5 heteroatoms. The normalized spacial score (nSPS) is 11.8. The van der Waals surface area contributed by atoms with Gasteiger partial charge in [-0.2, -0.15) is 0 Å². The van der Waals surface area contributed by atoms with E-state index in [1.54, 1.807) is 11.3 Å². The molecule has 3 nitrogen and oxygen atoms in total. The molecule has 0 bridgehead atoms. The number of hydrogen-bond acceptors (Lipinski definition) is 4. The molecule has 0 unspecified atom stereocenters. The van der Waals surface area contributed by atoms with Crippen molar-refractivity contribution in [1.29, 1.82) is 0 Å². The summed E-state index contributed by atoms with van der Waals surface area (Å²) in [4.78, 5) is 16.5. The van der Waals surface area contributed by atoms with Crippen LogP contribution in [0.4, 0.5) is 0 Å². The predicted octanol–water partition coefficient (Wildman–Crippen LogP) is 5.23. The topological polar surface area (TPSA) is 50.2 Å². The van der Waals surface area contributed by atoms with Gasteiger partial charge in [0.1, 0.15) is 5.01 Å². The zero-order valence-corrected chi connectivity index (χ0v) is 15.1. The lowest BCUT2D eigenvalue weighted by Gasteiger charge is -2.05. The van der Waals surface area contributed by atoms with Crippen molar-refractivity contribution >= 4 is 50.3 Å². The average molecular weight is 355 g/mol. The van der Waals surface area contributed by atoms with Crippen LogP contribution < -0.4 is 0 Å². The fraction of sp³-hybridized carbons (Fsp3) is 0.158. The van der Waals surface area contributed by atoms with Gasteiger partial charge in [0, 0.05) is 4.91 Å². The van der Waals surface area contributed by atoms with Gasteiger partial charge in [-0.15, -0.1) is 23.1 Å². The van der Waals surface area contributed by atoms with E-state index in [1.807, 2.05) is 30.3 Å². The van der Waals surface area contributed by atoms with Crippen LogP contribution in [0.1, 0.15) is 21.7 Å². The first-order valence-corrected chi connectivity index (χ1v) is 9.32. The second kappa shape index (κ2) is 7.20. The Balaban J connectivity index is 2.02. The zero-order chi connectivity index (χ0) is 17.1. The molecule has 0 amide bonds. The van der Waals surface area contributed by atoms with E-state index in [2.05, 4.69) is 37.0 Å². The molecule has 0 aliphatic heterocycles. The van der Waals surface area contributed by atoms with Crippen LogP contribution in [-0.2, 0) is 4.79 Å². The third-order valence-corrected chi connectivity index (χ3v) is 5.90. The summed E-state index contributed by atoms with van der Waals surface area (Å²) in [6.07, 6.45) is 2.03. The first-order valence-electron chi connectivity index (χ1n) is 7.52. The first-order chi connectivity index (χ1) is 11.5. The number of benzene rings is 2. The quantitative estimate of drug-likeness (QED) is 0.681. The second-order valence-corrected chi connectivity index (χ2v) is 7.57. The van der Waals surface area contributed by atoms with Gasteiger partial charge in [-0.3, -0.25) is 4.79 Å². The van der Waals surface area contributed by atoms with Gasteiger partial charge in [0.15, 0.2) is 0 Å². The molecule has 3 aromatic rings. The number of aliphatic carboxylic acids is 1.